The molecule has 0 aromatic heterocycles. The summed E-state index contributed by atoms with van der Waals surface area (Å²) in [5.74, 6) is 0.736. The lowest BCUT2D eigenvalue weighted by atomic mass is 10.3. The zero-order valence-electron chi connectivity index (χ0n) is 8.71. The second-order valence-corrected chi connectivity index (χ2v) is 4.00. The van der Waals surface area contributed by atoms with Crippen LogP contribution in [0.15, 0.2) is 24.3 Å². The highest BCUT2D eigenvalue weighted by molar-refractivity contribution is 7.80. The lowest BCUT2D eigenvalue weighted by molar-refractivity contribution is 0.278. The van der Waals surface area contributed by atoms with E-state index in [0.717, 1.165) is 11.4 Å². The van der Waals surface area contributed by atoms with Crippen molar-refractivity contribution >= 4 is 16.1 Å². The van der Waals surface area contributed by atoms with Crippen LogP contribution >= 0.6 is 0 Å². The molecule has 0 spiro atoms. The van der Waals surface area contributed by atoms with Gasteiger partial charge >= 0.3 is 10.4 Å². The molecule has 0 saturated heterocycles. The van der Waals surface area contributed by atoms with Gasteiger partial charge in [0.15, 0.2) is 0 Å². The maximum Gasteiger partial charge on any atom is 0.397 e. The average Bonchev–Trinajstić information content (AvgIpc) is 2.24. The minimum atomic E-state index is -4.35. The molecule has 6 nitrogen and oxygen atoms in total. The Morgan fingerprint density at radius 1 is 1.31 bits per heavy atom. The Hall–Kier alpha value is -1.31. The van der Waals surface area contributed by atoms with Crippen molar-refractivity contribution in [2.45, 2.75) is 0 Å². The summed E-state index contributed by atoms with van der Waals surface area (Å²) >= 11 is 0. The molecular weight excluding hydrogens is 234 g/mol. The standard InChI is InChI=1S/C9H13NO5S/c1-14-9-4-2-8(3-5-9)10-6-7-15-16(11,12)13/h2-5,10H,6-7H2,1H3,(H,11,12,13). The van der Waals surface area contributed by atoms with Gasteiger partial charge in [-0.05, 0) is 24.3 Å². The van der Waals surface area contributed by atoms with Crippen LogP contribution in [0.3, 0.4) is 0 Å². The fourth-order valence-corrected chi connectivity index (χ4v) is 1.35. The molecule has 16 heavy (non-hydrogen) atoms. The monoisotopic (exact) mass is 247 g/mol. The van der Waals surface area contributed by atoms with Gasteiger partial charge in [-0.2, -0.15) is 8.42 Å². The number of hydrogen-bond acceptors (Lipinski definition) is 5. The molecule has 0 aliphatic rings. The van der Waals surface area contributed by atoms with Crippen LogP contribution in [0.1, 0.15) is 0 Å². The Bertz CT molecular complexity index is 414. The first-order chi connectivity index (χ1) is 7.51. The van der Waals surface area contributed by atoms with Crippen LogP contribution in [-0.2, 0) is 14.6 Å². The fourth-order valence-electron chi connectivity index (χ4n) is 1.05. The molecule has 90 valence electrons. The quantitative estimate of drug-likeness (QED) is 0.574. The maximum atomic E-state index is 10.2. The Kier molecular flexibility index (Phi) is 4.53. The predicted octanol–water partition coefficient (Wildman–Crippen LogP) is 0.926. The molecule has 1 rings (SSSR count). The highest BCUT2D eigenvalue weighted by Crippen LogP contribution is 2.14. The summed E-state index contributed by atoms with van der Waals surface area (Å²) in [5.41, 5.74) is 0.805. The highest BCUT2D eigenvalue weighted by Gasteiger charge is 2.02. The molecule has 0 atom stereocenters. The number of benzene rings is 1. The largest absolute Gasteiger partial charge is 0.497 e. The van der Waals surface area contributed by atoms with Gasteiger partial charge in [-0.3, -0.25) is 4.55 Å². The van der Waals surface area contributed by atoms with Crippen molar-refractivity contribution < 1.29 is 21.9 Å². The van der Waals surface area contributed by atoms with Crippen LogP contribution in [0.25, 0.3) is 0 Å². The van der Waals surface area contributed by atoms with E-state index in [9.17, 15) is 8.42 Å². The first-order valence-electron chi connectivity index (χ1n) is 4.51. The summed E-state index contributed by atoms with van der Waals surface area (Å²) in [7, 11) is -2.78. The van der Waals surface area contributed by atoms with Crippen LogP contribution in [0.2, 0.25) is 0 Å². The number of hydrogen-bond donors (Lipinski definition) is 2. The lowest BCUT2D eigenvalue weighted by Gasteiger charge is -2.06. The molecule has 1 aromatic rings. The summed E-state index contributed by atoms with van der Waals surface area (Å²) in [5, 5.41) is 2.91. The second-order valence-electron chi connectivity index (χ2n) is 2.90. The Labute approximate surface area is 94.1 Å². The number of rotatable bonds is 6. The van der Waals surface area contributed by atoms with Crippen LogP contribution in [-0.4, -0.2) is 33.2 Å². The minimum Gasteiger partial charge on any atom is -0.497 e. The molecule has 0 heterocycles. The Morgan fingerprint density at radius 3 is 2.44 bits per heavy atom. The third-order valence-electron chi connectivity index (χ3n) is 1.75. The van der Waals surface area contributed by atoms with Gasteiger partial charge in [0.25, 0.3) is 0 Å². The first kappa shape index (κ1) is 12.8. The normalized spacial score (nSPS) is 11.1. The van der Waals surface area contributed by atoms with E-state index in [1.165, 1.54) is 0 Å². The van der Waals surface area contributed by atoms with Crippen molar-refractivity contribution in [3.05, 3.63) is 24.3 Å². The molecule has 0 amide bonds. The Balaban J connectivity index is 2.32. The van der Waals surface area contributed by atoms with Crippen molar-refractivity contribution in [2.75, 3.05) is 25.6 Å². The number of nitrogens with one attached hydrogen (secondary N) is 1. The minimum absolute atomic E-state index is 0.134. The van der Waals surface area contributed by atoms with E-state index in [1.807, 2.05) is 0 Å². The van der Waals surface area contributed by atoms with Gasteiger partial charge < -0.3 is 10.1 Å². The smallest absolute Gasteiger partial charge is 0.397 e. The summed E-state index contributed by atoms with van der Waals surface area (Å²) in [6.07, 6.45) is 0. The molecule has 0 saturated carbocycles. The molecule has 0 radical (unpaired) electrons. The topological polar surface area (TPSA) is 84.9 Å². The zero-order chi connectivity index (χ0) is 12.0. The molecule has 7 heteroatoms. The summed E-state index contributed by atoms with van der Waals surface area (Å²) in [6.45, 7) is 0.136. The van der Waals surface area contributed by atoms with Crippen molar-refractivity contribution in [2.24, 2.45) is 0 Å². The molecule has 0 unspecified atom stereocenters. The molecule has 0 aliphatic carbocycles. The predicted molar refractivity (Wildman–Crippen MR) is 59.0 cm³/mol. The van der Waals surface area contributed by atoms with Gasteiger partial charge in [-0.15, -0.1) is 0 Å². The maximum absolute atomic E-state index is 10.2. The van der Waals surface area contributed by atoms with Crippen LogP contribution < -0.4 is 10.1 Å². The molecular formula is C9H13NO5S. The SMILES string of the molecule is COc1ccc(NCCOS(=O)(=O)O)cc1. The molecule has 0 fully saturated rings. The summed E-state index contributed by atoms with van der Waals surface area (Å²) in [6, 6.07) is 7.11. The first-order valence-corrected chi connectivity index (χ1v) is 5.87. The van der Waals surface area contributed by atoms with Gasteiger partial charge in [0.2, 0.25) is 0 Å². The Morgan fingerprint density at radius 2 is 1.94 bits per heavy atom. The number of methoxy groups -OCH3 is 1. The van der Waals surface area contributed by atoms with Crippen LogP contribution in [0.5, 0.6) is 5.75 Å². The van der Waals surface area contributed by atoms with Gasteiger partial charge in [0, 0.05) is 12.2 Å². The third kappa shape index (κ3) is 4.96. The van der Waals surface area contributed by atoms with Crippen LogP contribution in [0, 0.1) is 0 Å². The van der Waals surface area contributed by atoms with E-state index in [-0.39, 0.29) is 13.2 Å². The van der Waals surface area contributed by atoms with E-state index >= 15 is 0 Å². The molecule has 0 aliphatic heterocycles. The molecule has 1 aromatic carbocycles. The van der Waals surface area contributed by atoms with Gasteiger partial charge in [0.1, 0.15) is 5.75 Å². The van der Waals surface area contributed by atoms with Gasteiger partial charge in [0.05, 0.1) is 13.7 Å². The fraction of sp³-hybridized carbons (Fsp3) is 0.333. The van der Waals surface area contributed by atoms with Crippen molar-refractivity contribution in [3.8, 4) is 5.75 Å². The van der Waals surface area contributed by atoms with E-state index in [0.29, 0.717) is 0 Å². The number of ether oxygens (including phenoxy) is 1. The van der Waals surface area contributed by atoms with Crippen molar-refractivity contribution in [3.63, 3.8) is 0 Å². The van der Waals surface area contributed by atoms with Crippen molar-refractivity contribution in [1.29, 1.82) is 0 Å². The van der Waals surface area contributed by atoms with Crippen molar-refractivity contribution in [1.82, 2.24) is 0 Å². The summed E-state index contributed by atoms with van der Waals surface area (Å²) < 4.78 is 37.8. The molecule has 2 N–H and O–H groups in total. The second kappa shape index (κ2) is 5.69. The number of anilines is 1. The van der Waals surface area contributed by atoms with Crippen LogP contribution in [0.4, 0.5) is 5.69 Å². The van der Waals surface area contributed by atoms with Gasteiger partial charge in [-0.1, -0.05) is 0 Å². The zero-order valence-corrected chi connectivity index (χ0v) is 9.53. The molecule has 0 bridgehead atoms. The third-order valence-corrected chi connectivity index (χ3v) is 2.22. The van der Waals surface area contributed by atoms with Gasteiger partial charge in [-0.25, -0.2) is 4.18 Å². The van der Waals surface area contributed by atoms with E-state index in [2.05, 4.69) is 9.50 Å². The summed E-state index contributed by atoms with van der Waals surface area (Å²) in [4.78, 5) is 0. The average molecular weight is 247 g/mol. The van der Waals surface area contributed by atoms with E-state index in [4.69, 9.17) is 9.29 Å². The highest BCUT2D eigenvalue weighted by atomic mass is 32.3. The lowest BCUT2D eigenvalue weighted by Crippen LogP contribution is -2.13. The van der Waals surface area contributed by atoms with E-state index in [1.54, 1.807) is 31.4 Å². The van der Waals surface area contributed by atoms with E-state index < -0.39 is 10.4 Å².